The molecular formula is C27H29BrN4O8S. The number of carboxylic acid groups (broad SMARTS) is 1. The highest BCUT2D eigenvalue weighted by molar-refractivity contribution is 9.10. The summed E-state index contributed by atoms with van der Waals surface area (Å²) in [5, 5.41) is 19.2. The summed E-state index contributed by atoms with van der Waals surface area (Å²) >= 11 is 8.63. The number of rotatable bonds is 13. The molecule has 218 valence electrons. The summed E-state index contributed by atoms with van der Waals surface area (Å²) in [5.74, 6) is -1.24. The number of ether oxygens (including phenoxy) is 4. The molecule has 0 aromatic heterocycles. The molecule has 1 amide bonds. The second-order valence-electron chi connectivity index (χ2n) is 8.36. The van der Waals surface area contributed by atoms with E-state index in [1.54, 1.807) is 57.2 Å². The molecule has 2 aromatic rings. The lowest BCUT2D eigenvalue weighted by Gasteiger charge is -2.30. The van der Waals surface area contributed by atoms with Crippen molar-refractivity contribution in [1.29, 1.82) is 0 Å². The van der Waals surface area contributed by atoms with Crippen molar-refractivity contribution in [2.75, 3.05) is 26.4 Å². The number of thiocarbonyl (C=S) groups is 1. The third kappa shape index (κ3) is 8.66. The quantitative estimate of drug-likeness (QED) is 0.109. The van der Waals surface area contributed by atoms with Crippen LogP contribution in [0.5, 0.6) is 17.2 Å². The Kier molecular flexibility index (Phi) is 11.5. The van der Waals surface area contributed by atoms with Crippen LogP contribution >= 0.6 is 28.1 Å². The summed E-state index contributed by atoms with van der Waals surface area (Å²) in [4.78, 5) is 36.1. The predicted molar refractivity (Wildman–Crippen MR) is 157 cm³/mol. The fraction of sp³-hybridized carbons (Fsp3) is 0.296. The van der Waals surface area contributed by atoms with Gasteiger partial charge in [-0.05, 0) is 72.7 Å². The number of esters is 1. The van der Waals surface area contributed by atoms with E-state index >= 15 is 0 Å². The molecule has 1 atom stereocenters. The van der Waals surface area contributed by atoms with Gasteiger partial charge in [0.1, 0.15) is 5.75 Å². The number of carbonyl (C=O) groups is 3. The summed E-state index contributed by atoms with van der Waals surface area (Å²) in [6.45, 7) is 4.85. The van der Waals surface area contributed by atoms with Gasteiger partial charge in [-0.2, -0.15) is 5.10 Å². The van der Waals surface area contributed by atoms with Gasteiger partial charge >= 0.3 is 11.9 Å². The van der Waals surface area contributed by atoms with Crippen LogP contribution in [0.2, 0.25) is 0 Å². The first kappa shape index (κ1) is 31.4. The number of aliphatic carboxylic acids is 1. The maximum Gasteiger partial charge on any atom is 0.341 e. The molecule has 0 bridgehead atoms. The van der Waals surface area contributed by atoms with Crippen LogP contribution in [-0.2, 0) is 19.1 Å². The van der Waals surface area contributed by atoms with E-state index in [0.717, 1.165) is 0 Å². The Morgan fingerprint density at radius 3 is 2.56 bits per heavy atom. The number of hydrogen-bond donors (Lipinski definition) is 4. The molecule has 0 radical (unpaired) electrons. The van der Waals surface area contributed by atoms with Gasteiger partial charge in [0.05, 0.1) is 35.5 Å². The highest BCUT2D eigenvalue weighted by Crippen LogP contribution is 2.37. The molecule has 3 rings (SSSR count). The van der Waals surface area contributed by atoms with Gasteiger partial charge in [-0.15, -0.1) is 0 Å². The number of hydrazone groups is 1. The standard InChI is InChI=1S/C27H29BrN4O8S/c1-4-37-20-11-16(10-18(28)25(20)40-14-22(34)35)12-29-32-21(33)13-39-19-9-7-6-8-17(19)24-23(26(36)38-5-2)15(3)30-27(41)31-24/h6-12,24H,4-5,13-14H2,1-3H3,(H,32,33)(H,34,35)(H2,30,31,41)/t24-/m0/s1. The minimum absolute atomic E-state index is 0.207. The van der Waals surface area contributed by atoms with Gasteiger partial charge in [-0.3, -0.25) is 4.79 Å². The second-order valence-corrected chi connectivity index (χ2v) is 9.62. The zero-order valence-corrected chi connectivity index (χ0v) is 24.9. The van der Waals surface area contributed by atoms with E-state index in [1.165, 1.54) is 6.21 Å². The topological polar surface area (TPSA) is 157 Å². The van der Waals surface area contributed by atoms with Gasteiger partial charge in [-0.25, -0.2) is 15.0 Å². The number of halogens is 1. The Hall–Kier alpha value is -4.17. The number of amides is 1. The molecule has 0 saturated heterocycles. The first-order chi connectivity index (χ1) is 19.6. The van der Waals surface area contributed by atoms with Crippen molar-refractivity contribution in [3.8, 4) is 17.2 Å². The average Bonchev–Trinajstić information content (AvgIpc) is 2.91. The van der Waals surface area contributed by atoms with Crippen LogP contribution in [0.4, 0.5) is 0 Å². The monoisotopic (exact) mass is 648 g/mol. The summed E-state index contributed by atoms with van der Waals surface area (Å²) < 4.78 is 22.3. The number of hydrogen-bond acceptors (Lipinski definition) is 9. The van der Waals surface area contributed by atoms with Crippen LogP contribution in [0.3, 0.4) is 0 Å². The Morgan fingerprint density at radius 1 is 1.10 bits per heavy atom. The smallest absolute Gasteiger partial charge is 0.341 e. The summed E-state index contributed by atoms with van der Waals surface area (Å²) in [6.07, 6.45) is 1.39. The number of nitrogens with zero attached hydrogens (tertiary/aromatic N) is 1. The number of carbonyl (C=O) groups excluding carboxylic acids is 2. The van der Waals surface area contributed by atoms with Crippen LogP contribution in [-0.4, -0.2) is 60.7 Å². The van der Waals surface area contributed by atoms with Crippen LogP contribution in [0.1, 0.15) is 37.9 Å². The molecule has 1 heterocycles. The summed E-state index contributed by atoms with van der Waals surface area (Å²) in [6, 6.07) is 9.55. The normalized spacial score (nSPS) is 14.6. The predicted octanol–water partition coefficient (Wildman–Crippen LogP) is 3.20. The Morgan fingerprint density at radius 2 is 1.85 bits per heavy atom. The number of allylic oxidation sites excluding steroid dienone is 1. The van der Waals surface area contributed by atoms with Gasteiger partial charge in [0.2, 0.25) is 0 Å². The zero-order valence-electron chi connectivity index (χ0n) is 22.5. The highest BCUT2D eigenvalue weighted by Gasteiger charge is 2.32. The van der Waals surface area contributed by atoms with Crippen molar-refractivity contribution < 1.29 is 38.4 Å². The first-order valence-corrected chi connectivity index (χ1v) is 13.6. The van der Waals surface area contributed by atoms with Crippen molar-refractivity contribution in [3.63, 3.8) is 0 Å². The third-order valence-electron chi connectivity index (χ3n) is 5.43. The molecule has 12 nitrogen and oxygen atoms in total. The van der Waals surface area contributed by atoms with Gasteiger partial charge in [0.25, 0.3) is 5.91 Å². The maximum atomic E-state index is 12.7. The maximum absolute atomic E-state index is 12.7. The lowest BCUT2D eigenvalue weighted by molar-refractivity contribution is -0.140. The van der Waals surface area contributed by atoms with Crippen molar-refractivity contribution in [1.82, 2.24) is 16.1 Å². The molecule has 0 saturated carbocycles. The van der Waals surface area contributed by atoms with Crippen LogP contribution in [0.15, 0.2) is 57.2 Å². The zero-order chi connectivity index (χ0) is 29.9. The molecule has 2 aromatic carbocycles. The largest absolute Gasteiger partial charge is 0.490 e. The molecule has 4 N–H and O–H groups in total. The Balaban J connectivity index is 1.70. The van der Waals surface area contributed by atoms with Gasteiger partial charge in [-0.1, -0.05) is 18.2 Å². The van der Waals surface area contributed by atoms with Gasteiger partial charge in [0.15, 0.2) is 29.8 Å². The summed E-state index contributed by atoms with van der Waals surface area (Å²) in [5.41, 5.74) is 4.44. The van der Waals surface area contributed by atoms with Crippen LogP contribution in [0.25, 0.3) is 0 Å². The van der Waals surface area contributed by atoms with Crippen LogP contribution < -0.4 is 30.3 Å². The van der Waals surface area contributed by atoms with Crippen molar-refractivity contribution >= 4 is 57.3 Å². The van der Waals surface area contributed by atoms with Crippen LogP contribution in [0, 0.1) is 0 Å². The Bertz CT molecular complexity index is 1380. The molecule has 0 spiro atoms. The minimum Gasteiger partial charge on any atom is -0.490 e. The van der Waals surface area contributed by atoms with E-state index in [4.69, 9.17) is 36.3 Å². The van der Waals surface area contributed by atoms with E-state index in [1.807, 2.05) is 0 Å². The third-order valence-corrected chi connectivity index (χ3v) is 6.24. The molecular weight excluding hydrogens is 620 g/mol. The van der Waals surface area contributed by atoms with Gasteiger partial charge in [0, 0.05) is 11.3 Å². The van der Waals surface area contributed by atoms with Crippen molar-refractivity contribution in [3.05, 3.63) is 63.3 Å². The van der Waals surface area contributed by atoms with E-state index in [2.05, 4.69) is 37.1 Å². The fourth-order valence-electron chi connectivity index (χ4n) is 3.81. The van der Waals surface area contributed by atoms with Gasteiger partial charge < -0.3 is 34.7 Å². The van der Waals surface area contributed by atoms with E-state index < -0.39 is 30.5 Å². The van der Waals surface area contributed by atoms with Crippen molar-refractivity contribution in [2.24, 2.45) is 5.10 Å². The molecule has 0 fully saturated rings. The SMILES string of the molecule is CCOC(=O)C1=C(C)NC(=S)N[C@H]1c1ccccc1OCC(=O)NN=Cc1cc(Br)c(OCC(=O)O)c(OCC)c1. The second kappa shape index (κ2) is 15.0. The number of para-hydroxylation sites is 1. The minimum atomic E-state index is -1.13. The highest BCUT2D eigenvalue weighted by atomic mass is 79.9. The number of nitrogens with one attached hydrogen (secondary N) is 3. The van der Waals surface area contributed by atoms with E-state index in [-0.39, 0.29) is 19.0 Å². The molecule has 14 heteroatoms. The number of benzene rings is 2. The van der Waals surface area contributed by atoms with Crippen molar-refractivity contribution in [2.45, 2.75) is 26.8 Å². The lowest BCUT2D eigenvalue weighted by atomic mass is 9.95. The molecule has 0 aliphatic carbocycles. The van der Waals surface area contributed by atoms with E-state index in [0.29, 0.717) is 50.1 Å². The average molecular weight is 650 g/mol. The van der Waals surface area contributed by atoms with E-state index in [9.17, 15) is 14.4 Å². The molecule has 0 unspecified atom stereocenters. The molecule has 1 aliphatic heterocycles. The molecule has 1 aliphatic rings. The Labute approximate surface area is 250 Å². The summed E-state index contributed by atoms with van der Waals surface area (Å²) in [7, 11) is 0. The fourth-order valence-corrected chi connectivity index (χ4v) is 4.66. The lowest BCUT2D eigenvalue weighted by Crippen LogP contribution is -2.45. The number of carboxylic acids is 1. The first-order valence-electron chi connectivity index (χ1n) is 12.4. The molecule has 41 heavy (non-hydrogen) atoms.